The first-order valence-corrected chi connectivity index (χ1v) is 6.31. The molecule has 2 N–H and O–H groups in total. The van der Waals surface area contributed by atoms with E-state index in [1.54, 1.807) is 14.2 Å². The van der Waals surface area contributed by atoms with E-state index in [9.17, 15) is 0 Å². The van der Waals surface area contributed by atoms with Gasteiger partial charge in [-0.15, -0.1) is 24.0 Å². The van der Waals surface area contributed by atoms with Crippen molar-refractivity contribution in [3.05, 3.63) is 29.8 Å². The Morgan fingerprint density at radius 2 is 2.00 bits per heavy atom. The van der Waals surface area contributed by atoms with Crippen LogP contribution in [0.3, 0.4) is 0 Å². The number of halogens is 1. The van der Waals surface area contributed by atoms with Gasteiger partial charge in [-0.2, -0.15) is 0 Å². The maximum atomic E-state index is 5.44. The minimum absolute atomic E-state index is 0. The number of aliphatic imine (C=N–C) groups is 1. The standard InChI is InChI=1S/C14H24N4O.HI/c1-15-14(16-2)17-10-12(18(3)4)11-8-6-7-9-13(11)19-5;/h6-9,12H,10H2,1-5H3,(H2,15,16,17);1H. The van der Waals surface area contributed by atoms with Gasteiger partial charge in [-0.25, -0.2) is 0 Å². The summed E-state index contributed by atoms with van der Waals surface area (Å²) in [4.78, 5) is 6.28. The van der Waals surface area contributed by atoms with Crippen LogP contribution in [-0.4, -0.2) is 52.7 Å². The van der Waals surface area contributed by atoms with Crippen molar-refractivity contribution < 1.29 is 4.74 Å². The lowest BCUT2D eigenvalue weighted by Gasteiger charge is -2.27. The lowest BCUT2D eigenvalue weighted by molar-refractivity contribution is 0.288. The monoisotopic (exact) mass is 392 g/mol. The molecule has 0 aliphatic carbocycles. The molecule has 6 heteroatoms. The number of guanidine groups is 1. The van der Waals surface area contributed by atoms with Gasteiger partial charge in [0.2, 0.25) is 0 Å². The van der Waals surface area contributed by atoms with E-state index in [1.165, 1.54) is 0 Å². The Morgan fingerprint density at radius 3 is 2.50 bits per heavy atom. The Morgan fingerprint density at radius 1 is 1.35 bits per heavy atom. The molecule has 0 saturated heterocycles. The van der Waals surface area contributed by atoms with Crippen molar-refractivity contribution in [2.24, 2.45) is 4.99 Å². The Bertz CT molecular complexity index is 423. The quantitative estimate of drug-likeness (QED) is 0.455. The van der Waals surface area contributed by atoms with E-state index in [4.69, 9.17) is 4.74 Å². The molecule has 1 rings (SSSR count). The molecular formula is C14H25IN4O. The molecule has 1 unspecified atom stereocenters. The molecule has 0 fully saturated rings. The van der Waals surface area contributed by atoms with Gasteiger partial charge in [0, 0.05) is 26.2 Å². The highest BCUT2D eigenvalue weighted by atomic mass is 127. The normalized spacial score (nSPS) is 12.6. The molecule has 0 radical (unpaired) electrons. The molecule has 1 aromatic rings. The van der Waals surface area contributed by atoms with Crippen molar-refractivity contribution in [2.75, 3.05) is 41.8 Å². The van der Waals surface area contributed by atoms with Crippen molar-refractivity contribution >= 4 is 29.9 Å². The van der Waals surface area contributed by atoms with Gasteiger partial charge in [-0.1, -0.05) is 18.2 Å². The molecule has 1 atom stereocenters. The number of para-hydroxylation sites is 1. The Kier molecular flexibility index (Phi) is 9.32. The number of hydrogen-bond donors (Lipinski definition) is 2. The largest absolute Gasteiger partial charge is 0.496 e. The Hall–Kier alpha value is -1.02. The van der Waals surface area contributed by atoms with Gasteiger partial charge in [-0.3, -0.25) is 4.99 Å². The van der Waals surface area contributed by atoms with Gasteiger partial charge in [0.1, 0.15) is 5.75 Å². The van der Waals surface area contributed by atoms with Crippen LogP contribution in [0.15, 0.2) is 29.3 Å². The number of methoxy groups -OCH3 is 1. The molecule has 1 aromatic carbocycles. The molecule has 5 nitrogen and oxygen atoms in total. The lowest BCUT2D eigenvalue weighted by Crippen LogP contribution is -2.40. The van der Waals surface area contributed by atoms with Crippen LogP contribution in [0.2, 0.25) is 0 Å². The van der Waals surface area contributed by atoms with Crippen LogP contribution < -0.4 is 15.4 Å². The fraction of sp³-hybridized carbons (Fsp3) is 0.500. The highest BCUT2D eigenvalue weighted by Gasteiger charge is 2.18. The van der Waals surface area contributed by atoms with Crippen molar-refractivity contribution in [1.29, 1.82) is 0 Å². The summed E-state index contributed by atoms with van der Waals surface area (Å²) in [6.07, 6.45) is 0. The number of rotatable bonds is 5. The summed E-state index contributed by atoms with van der Waals surface area (Å²) in [6.45, 7) is 0.751. The van der Waals surface area contributed by atoms with Gasteiger partial charge < -0.3 is 20.3 Å². The van der Waals surface area contributed by atoms with Crippen LogP contribution >= 0.6 is 24.0 Å². The molecule has 0 saturated carbocycles. The van der Waals surface area contributed by atoms with E-state index < -0.39 is 0 Å². The predicted octanol–water partition coefficient (Wildman–Crippen LogP) is 1.71. The third kappa shape index (κ3) is 5.16. The van der Waals surface area contributed by atoms with E-state index in [1.807, 2.05) is 25.2 Å². The van der Waals surface area contributed by atoms with E-state index in [-0.39, 0.29) is 30.0 Å². The third-order valence-electron chi connectivity index (χ3n) is 3.04. The summed E-state index contributed by atoms with van der Waals surface area (Å²) in [5.41, 5.74) is 1.16. The van der Waals surface area contributed by atoms with Crippen LogP contribution in [0.1, 0.15) is 11.6 Å². The Labute approximate surface area is 138 Å². The molecule has 0 spiro atoms. The lowest BCUT2D eigenvalue weighted by atomic mass is 10.0. The summed E-state index contributed by atoms with van der Waals surface area (Å²) < 4.78 is 5.44. The van der Waals surface area contributed by atoms with Crippen molar-refractivity contribution in [2.45, 2.75) is 6.04 Å². The molecule has 114 valence electrons. The van der Waals surface area contributed by atoms with E-state index in [0.29, 0.717) is 0 Å². The van der Waals surface area contributed by atoms with Crippen LogP contribution in [0, 0.1) is 0 Å². The van der Waals surface area contributed by atoms with E-state index >= 15 is 0 Å². The first kappa shape index (κ1) is 19.0. The minimum Gasteiger partial charge on any atom is -0.496 e. The summed E-state index contributed by atoms with van der Waals surface area (Å²) in [5, 5.41) is 6.31. The summed E-state index contributed by atoms with van der Waals surface area (Å²) in [5.74, 6) is 1.68. The highest BCUT2D eigenvalue weighted by Crippen LogP contribution is 2.27. The van der Waals surface area contributed by atoms with Gasteiger partial charge in [-0.05, 0) is 20.2 Å². The van der Waals surface area contributed by atoms with Crippen LogP contribution in [0.5, 0.6) is 5.75 Å². The first-order valence-electron chi connectivity index (χ1n) is 6.31. The van der Waals surface area contributed by atoms with Crippen molar-refractivity contribution in [1.82, 2.24) is 15.5 Å². The summed E-state index contributed by atoms with van der Waals surface area (Å²) in [7, 11) is 9.42. The zero-order valence-corrected chi connectivity index (χ0v) is 15.1. The molecule has 0 amide bonds. The molecule has 0 bridgehead atoms. The number of hydrogen-bond acceptors (Lipinski definition) is 3. The maximum absolute atomic E-state index is 5.44. The van der Waals surface area contributed by atoms with Crippen molar-refractivity contribution in [3.63, 3.8) is 0 Å². The fourth-order valence-electron chi connectivity index (χ4n) is 1.99. The molecule has 20 heavy (non-hydrogen) atoms. The number of benzene rings is 1. The molecule has 0 aliphatic rings. The summed E-state index contributed by atoms with van der Waals surface area (Å²) >= 11 is 0. The molecule has 0 heterocycles. The van der Waals surface area contributed by atoms with Crippen LogP contribution in [0.4, 0.5) is 0 Å². The zero-order chi connectivity index (χ0) is 14.3. The van der Waals surface area contributed by atoms with Gasteiger partial charge in [0.05, 0.1) is 13.2 Å². The van der Waals surface area contributed by atoms with E-state index in [2.05, 4.69) is 40.7 Å². The number of likely N-dealkylation sites (N-methyl/N-ethyl adjacent to an activating group) is 1. The number of ether oxygens (including phenoxy) is 1. The Balaban J connectivity index is 0.00000361. The minimum atomic E-state index is 0. The first-order chi connectivity index (χ1) is 9.13. The van der Waals surface area contributed by atoms with Gasteiger partial charge in [0.25, 0.3) is 0 Å². The maximum Gasteiger partial charge on any atom is 0.190 e. The fourth-order valence-corrected chi connectivity index (χ4v) is 1.99. The average Bonchev–Trinajstić information content (AvgIpc) is 2.43. The second kappa shape index (κ2) is 9.82. The second-order valence-corrected chi connectivity index (χ2v) is 4.42. The summed E-state index contributed by atoms with van der Waals surface area (Å²) in [6, 6.07) is 8.30. The molecular weight excluding hydrogens is 367 g/mol. The zero-order valence-electron chi connectivity index (χ0n) is 12.8. The number of nitrogens with zero attached hydrogens (tertiary/aromatic N) is 2. The second-order valence-electron chi connectivity index (χ2n) is 4.42. The van der Waals surface area contributed by atoms with Gasteiger partial charge >= 0.3 is 0 Å². The molecule has 0 aromatic heterocycles. The highest BCUT2D eigenvalue weighted by molar-refractivity contribution is 14.0. The SMILES string of the molecule is CN=C(NC)NCC(c1ccccc1OC)N(C)C.I. The van der Waals surface area contributed by atoms with E-state index in [0.717, 1.165) is 23.8 Å². The van der Waals surface area contributed by atoms with Crippen LogP contribution in [0.25, 0.3) is 0 Å². The average molecular weight is 392 g/mol. The van der Waals surface area contributed by atoms with Crippen molar-refractivity contribution in [3.8, 4) is 5.75 Å². The smallest absolute Gasteiger partial charge is 0.190 e. The third-order valence-corrected chi connectivity index (χ3v) is 3.04. The number of nitrogens with one attached hydrogen (secondary N) is 2. The van der Waals surface area contributed by atoms with Gasteiger partial charge in [0.15, 0.2) is 5.96 Å². The molecule has 0 aliphatic heterocycles. The predicted molar refractivity (Wildman–Crippen MR) is 95.3 cm³/mol. The van der Waals surface area contributed by atoms with Crippen LogP contribution in [-0.2, 0) is 0 Å². The topological polar surface area (TPSA) is 48.9 Å².